The maximum Gasteiger partial charge on any atom is 0.137 e. The van der Waals surface area contributed by atoms with E-state index in [1.54, 1.807) is 0 Å². The van der Waals surface area contributed by atoms with E-state index < -0.39 is 0 Å². The Labute approximate surface area is 235 Å². The minimum atomic E-state index is 0.880. The van der Waals surface area contributed by atoms with Gasteiger partial charge < -0.3 is 9.32 Å². The number of hydrogen-bond donors (Lipinski definition) is 0. The molecule has 7 rings (SSSR count). The number of hydrogen-bond acceptors (Lipinski definition) is 2. The molecule has 3 heteroatoms. The molecule has 1 aromatic heterocycles. The fourth-order valence-corrected chi connectivity index (χ4v) is 5.44. The van der Waals surface area contributed by atoms with E-state index in [-0.39, 0.29) is 0 Å². The number of rotatable bonds is 5. The zero-order chi connectivity index (χ0) is 26.2. The zero-order valence-corrected chi connectivity index (χ0v) is 22.7. The molecule has 0 radical (unpaired) electrons. The molecule has 0 bridgehead atoms. The van der Waals surface area contributed by atoms with E-state index in [2.05, 4.69) is 148 Å². The lowest BCUT2D eigenvalue weighted by Crippen LogP contribution is -2.09. The van der Waals surface area contributed by atoms with Gasteiger partial charge in [-0.15, -0.1) is 0 Å². The summed E-state index contributed by atoms with van der Waals surface area (Å²) in [7, 11) is 0. The van der Waals surface area contributed by atoms with Crippen LogP contribution in [0.15, 0.2) is 154 Å². The van der Waals surface area contributed by atoms with E-state index in [4.69, 9.17) is 4.42 Å². The zero-order valence-electron chi connectivity index (χ0n) is 21.1. The van der Waals surface area contributed by atoms with Gasteiger partial charge in [0.25, 0.3) is 0 Å². The molecule has 7 aromatic rings. The van der Waals surface area contributed by atoms with Crippen LogP contribution in [0.1, 0.15) is 0 Å². The molecule has 186 valence electrons. The summed E-state index contributed by atoms with van der Waals surface area (Å²) >= 11 is 3.58. The Morgan fingerprint density at radius 2 is 0.897 bits per heavy atom. The molecule has 0 amide bonds. The van der Waals surface area contributed by atoms with Crippen molar-refractivity contribution in [2.75, 3.05) is 4.90 Å². The molecule has 0 spiro atoms. The third kappa shape index (κ3) is 4.52. The van der Waals surface area contributed by atoms with Crippen LogP contribution in [-0.2, 0) is 0 Å². The summed E-state index contributed by atoms with van der Waals surface area (Å²) in [4.78, 5) is 2.27. The first-order valence-electron chi connectivity index (χ1n) is 13.0. The highest BCUT2D eigenvalue weighted by Gasteiger charge is 2.15. The fourth-order valence-electron chi connectivity index (χ4n) is 5.18. The molecule has 0 aliphatic heterocycles. The number of nitrogens with zero attached hydrogens (tertiary/aromatic N) is 1. The SMILES string of the molecule is Brc1ccc(N(c2ccc(-c3ccc(-c4ccccc4)cc3)cc2)c2ccc3c(c2)oc2ccccc23)cc1. The molecule has 0 unspecified atom stereocenters. The second-order valence-electron chi connectivity index (χ2n) is 9.58. The Morgan fingerprint density at radius 3 is 1.56 bits per heavy atom. The van der Waals surface area contributed by atoms with Crippen LogP contribution in [0.25, 0.3) is 44.2 Å². The van der Waals surface area contributed by atoms with Gasteiger partial charge in [0.2, 0.25) is 0 Å². The second kappa shape index (κ2) is 9.94. The number of furan rings is 1. The normalized spacial score (nSPS) is 11.2. The molecule has 0 aliphatic rings. The summed E-state index contributed by atoms with van der Waals surface area (Å²) in [5, 5.41) is 2.26. The van der Waals surface area contributed by atoms with Crippen LogP contribution in [0.2, 0.25) is 0 Å². The van der Waals surface area contributed by atoms with E-state index in [1.807, 2.05) is 18.2 Å². The quantitative estimate of drug-likeness (QED) is 0.206. The lowest BCUT2D eigenvalue weighted by molar-refractivity contribution is 0.669. The van der Waals surface area contributed by atoms with Crippen LogP contribution in [0, 0.1) is 0 Å². The fraction of sp³-hybridized carbons (Fsp3) is 0. The van der Waals surface area contributed by atoms with Gasteiger partial charge in [-0.05, 0) is 76.9 Å². The number of para-hydroxylation sites is 1. The van der Waals surface area contributed by atoms with E-state index in [0.29, 0.717) is 0 Å². The van der Waals surface area contributed by atoms with E-state index in [0.717, 1.165) is 43.5 Å². The van der Waals surface area contributed by atoms with E-state index in [9.17, 15) is 0 Å². The average molecular weight is 566 g/mol. The van der Waals surface area contributed by atoms with Gasteiger partial charge in [-0.3, -0.25) is 0 Å². The van der Waals surface area contributed by atoms with Crippen molar-refractivity contribution in [1.29, 1.82) is 0 Å². The standard InChI is InChI=1S/C36H24BrNO/c37-29-16-20-31(21-17-29)38(32-22-23-34-33-8-4-5-9-35(33)39-36(34)24-32)30-18-14-28(15-19-30)27-12-10-26(11-13-27)25-6-2-1-3-7-25/h1-24H. The molecule has 1 heterocycles. The highest BCUT2D eigenvalue weighted by Crippen LogP contribution is 2.39. The molecule has 0 saturated heterocycles. The number of benzene rings is 6. The minimum absolute atomic E-state index is 0.880. The molecule has 0 fully saturated rings. The summed E-state index contributed by atoms with van der Waals surface area (Å²) in [6.07, 6.45) is 0. The average Bonchev–Trinajstić information content (AvgIpc) is 3.37. The predicted octanol–water partition coefficient (Wildman–Crippen LogP) is 11.2. The van der Waals surface area contributed by atoms with Crippen molar-refractivity contribution in [3.63, 3.8) is 0 Å². The molecule has 6 aromatic carbocycles. The Kier molecular flexibility index (Phi) is 5.99. The highest BCUT2D eigenvalue weighted by atomic mass is 79.9. The van der Waals surface area contributed by atoms with Crippen molar-refractivity contribution in [2.24, 2.45) is 0 Å². The number of fused-ring (bicyclic) bond motifs is 3. The Hall–Kier alpha value is -4.60. The smallest absolute Gasteiger partial charge is 0.137 e. The van der Waals surface area contributed by atoms with Crippen LogP contribution >= 0.6 is 15.9 Å². The Morgan fingerprint density at radius 1 is 0.410 bits per heavy atom. The molecule has 0 atom stereocenters. The first kappa shape index (κ1) is 23.5. The van der Waals surface area contributed by atoms with Crippen LogP contribution in [0.4, 0.5) is 17.1 Å². The van der Waals surface area contributed by atoms with Gasteiger partial charge in [0.05, 0.1) is 0 Å². The van der Waals surface area contributed by atoms with Gasteiger partial charge in [-0.1, -0.05) is 101 Å². The van der Waals surface area contributed by atoms with E-state index >= 15 is 0 Å². The third-order valence-electron chi connectivity index (χ3n) is 7.16. The summed E-state index contributed by atoms with van der Waals surface area (Å²) < 4.78 is 7.27. The minimum Gasteiger partial charge on any atom is -0.456 e. The number of anilines is 3. The maximum absolute atomic E-state index is 6.22. The van der Waals surface area contributed by atoms with Crippen LogP contribution in [-0.4, -0.2) is 0 Å². The third-order valence-corrected chi connectivity index (χ3v) is 7.68. The van der Waals surface area contributed by atoms with Crippen molar-refractivity contribution in [3.05, 3.63) is 150 Å². The van der Waals surface area contributed by atoms with Gasteiger partial charge in [0.15, 0.2) is 0 Å². The number of halogens is 1. The second-order valence-corrected chi connectivity index (χ2v) is 10.5. The Bertz CT molecular complexity index is 1890. The molecular formula is C36H24BrNO. The first-order chi connectivity index (χ1) is 19.2. The van der Waals surface area contributed by atoms with Crippen molar-refractivity contribution in [3.8, 4) is 22.3 Å². The van der Waals surface area contributed by atoms with Gasteiger partial charge in [0, 0.05) is 38.4 Å². The molecule has 0 N–H and O–H groups in total. The maximum atomic E-state index is 6.22. The summed E-state index contributed by atoms with van der Waals surface area (Å²) in [6.45, 7) is 0. The summed E-state index contributed by atoms with van der Waals surface area (Å²) in [6, 6.07) is 51.1. The molecular weight excluding hydrogens is 542 g/mol. The van der Waals surface area contributed by atoms with Crippen LogP contribution < -0.4 is 4.90 Å². The lowest BCUT2D eigenvalue weighted by Gasteiger charge is -2.25. The van der Waals surface area contributed by atoms with Crippen molar-refractivity contribution in [1.82, 2.24) is 0 Å². The van der Waals surface area contributed by atoms with Crippen molar-refractivity contribution >= 4 is 54.9 Å². The monoisotopic (exact) mass is 565 g/mol. The van der Waals surface area contributed by atoms with Crippen LogP contribution in [0.3, 0.4) is 0 Å². The van der Waals surface area contributed by atoms with Crippen LogP contribution in [0.5, 0.6) is 0 Å². The first-order valence-corrected chi connectivity index (χ1v) is 13.8. The molecule has 39 heavy (non-hydrogen) atoms. The lowest BCUT2D eigenvalue weighted by atomic mass is 10.00. The van der Waals surface area contributed by atoms with Gasteiger partial charge in [-0.25, -0.2) is 0 Å². The topological polar surface area (TPSA) is 16.4 Å². The molecule has 0 saturated carbocycles. The summed E-state index contributed by atoms with van der Waals surface area (Å²) in [5.41, 5.74) is 9.81. The van der Waals surface area contributed by atoms with Gasteiger partial charge in [-0.2, -0.15) is 0 Å². The largest absolute Gasteiger partial charge is 0.456 e. The highest BCUT2D eigenvalue weighted by molar-refractivity contribution is 9.10. The molecule has 2 nitrogen and oxygen atoms in total. The van der Waals surface area contributed by atoms with Gasteiger partial charge >= 0.3 is 0 Å². The van der Waals surface area contributed by atoms with Crippen molar-refractivity contribution < 1.29 is 4.42 Å². The predicted molar refractivity (Wildman–Crippen MR) is 167 cm³/mol. The Balaban J connectivity index is 1.26. The van der Waals surface area contributed by atoms with Gasteiger partial charge in [0.1, 0.15) is 11.2 Å². The van der Waals surface area contributed by atoms with E-state index in [1.165, 1.54) is 22.3 Å². The summed E-state index contributed by atoms with van der Waals surface area (Å²) in [5.74, 6) is 0. The van der Waals surface area contributed by atoms with Crippen molar-refractivity contribution in [2.45, 2.75) is 0 Å². The molecule has 0 aliphatic carbocycles.